The quantitative estimate of drug-likeness (QED) is 0.866. The maximum Gasteiger partial charge on any atom is 0.340 e. The Morgan fingerprint density at radius 1 is 1.60 bits per heavy atom. The third-order valence-electron chi connectivity index (χ3n) is 2.55. The van der Waals surface area contributed by atoms with Crippen LogP contribution in [0.1, 0.15) is 54.7 Å². The summed E-state index contributed by atoms with van der Waals surface area (Å²) in [5, 5.41) is 13.6. The van der Waals surface area contributed by atoms with Gasteiger partial charge in [0.15, 0.2) is 0 Å². The summed E-state index contributed by atoms with van der Waals surface area (Å²) >= 11 is 6.01. The predicted molar refractivity (Wildman–Crippen MR) is 56.6 cm³/mol. The van der Waals surface area contributed by atoms with E-state index in [0.29, 0.717) is 11.6 Å². The highest BCUT2D eigenvalue weighted by molar-refractivity contribution is 6.32. The number of rotatable bonds is 3. The van der Waals surface area contributed by atoms with Crippen molar-refractivity contribution in [1.29, 1.82) is 0 Å². The summed E-state index contributed by atoms with van der Waals surface area (Å²) in [6.45, 7) is 3.86. The van der Waals surface area contributed by atoms with Gasteiger partial charge in [-0.3, -0.25) is 4.68 Å². The van der Waals surface area contributed by atoms with Crippen LogP contribution in [0.2, 0.25) is 5.15 Å². The Labute approximate surface area is 92.8 Å². The van der Waals surface area contributed by atoms with E-state index in [1.807, 2.05) is 13.8 Å². The maximum atomic E-state index is 11.1. The molecule has 1 aromatic heterocycles. The van der Waals surface area contributed by atoms with Crippen LogP contribution < -0.4 is 0 Å². The molecular weight excluding hydrogens is 216 g/mol. The maximum absolute atomic E-state index is 11.1. The molecule has 82 valence electrons. The van der Waals surface area contributed by atoms with E-state index < -0.39 is 5.97 Å². The molecule has 0 unspecified atom stereocenters. The van der Waals surface area contributed by atoms with E-state index in [-0.39, 0.29) is 16.8 Å². The highest BCUT2D eigenvalue weighted by Crippen LogP contribution is 2.42. The highest BCUT2D eigenvalue weighted by atomic mass is 35.5. The standard InChI is InChI=1S/C10H13ClN2O2/c1-5(2)13-9(11)7(10(14)15)8(12-13)6-3-4-6/h5-6H,3-4H2,1-2H3,(H,14,15). The first-order chi connectivity index (χ1) is 7.02. The van der Waals surface area contributed by atoms with E-state index >= 15 is 0 Å². The Morgan fingerprint density at radius 2 is 2.20 bits per heavy atom. The first-order valence-corrected chi connectivity index (χ1v) is 5.41. The second kappa shape index (κ2) is 3.52. The first-order valence-electron chi connectivity index (χ1n) is 5.03. The molecule has 1 N–H and O–H groups in total. The van der Waals surface area contributed by atoms with Gasteiger partial charge in [0.05, 0.1) is 5.69 Å². The molecular formula is C10H13ClN2O2. The molecule has 1 aliphatic rings. The number of hydrogen-bond acceptors (Lipinski definition) is 2. The van der Waals surface area contributed by atoms with Gasteiger partial charge in [-0.05, 0) is 26.7 Å². The average molecular weight is 229 g/mol. The molecule has 2 rings (SSSR count). The Balaban J connectivity index is 2.53. The van der Waals surface area contributed by atoms with Gasteiger partial charge < -0.3 is 5.11 Å². The van der Waals surface area contributed by atoms with Crippen molar-refractivity contribution in [3.63, 3.8) is 0 Å². The molecule has 0 spiro atoms. The van der Waals surface area contributed by atoms with Crippen LogP contribution in [0.3, 0.4) is 0 Å². The lowest BCUT2D eigenvalue weighted by Gasteiger charge is -2.05. The molecule has 15 heavy (non-hydrogen) atoms. The number of nitrogens with zero attached hydrogens (tertiary/aromatic N) is 2. The van der Waals surface area contributed by atoms with E-state index in [1.54, 1.807) is 4.68 Å². The minimum atomic E-state index is -0.978. The van der Waals surface area contributed by atoms with Gasteiger partial charge in [0.2, 0.25) is 0 Å². The zero-order valence-corrected chi connectivity index (χ0v) is 9.45. The molecule has 4 nitrogen and oxygen atoms in total. The largest absolute Gasteiger partial charge is 0.478 e. The van der Waals surface area contributed by atoms with Crippen LogP contribution in [-0.4, -0.2) is 20.9 Å². The fourth-order valence-electron chi connectivity index (χ4n) is 1.61. The van der Waals surface area contributed by atoms with Crippen molar-refractivity contribution in [3.8, 4) is 0 Å². The molecule has 0 aliphatic heterocycles. The van der Waals surface area contributed by atoms with Crippen LogP contribution >= 0.6 is 11.6 Å². The summed E-state index contributed by atoms with van der Waals surface area (Å²) in [6.07, 6.45) is 2.04. The van der Waals surface area contributed by atoms with Crippen molar-refractivity contribution < 1.29 is 9.90 Å². The molecule has 0 aromatic carbocycles. The van der Waals surface area contributed by atoms with E-state index in [2.05, 4.69) is 5.10 Å². The zero-order valence-electron chi connectivity index (χ0n) is 8.70. The average Bonchev–Trinajstić information content (AvgIpc) is 2.89. The molecule has 0 radical (unpaired) electrons. The second-order valence-electron chi connectivity index (χ2n) is 4.17. The van der Waals surface area contributed by atoms with Gasteiger partial charge >= 0.3 is 5.97 Å². The van der Waals surface area contributed by atoms with Crippen molar-refractivity contribution in [2.24, 2.45) is 0 Å². The minimum Gasteiger partial charge on any atom is -0.478 e. The molecule has 0 bridgehead atoms. The number of aromatic carboxylic acids is 1. The van der Waals surface area contributed by atoms with Crippen LogP contribution in [0.5, 0.6) is 0 Å². The predicted octanol–water partition coefficient (Wildman–Crippen LogP) is 2.69. The minimum absolute atomic E-state index is 0.0862. The van der Waals surface area contributed by atoms with Gasteiger partial charge in [-0.25, -0.2) is 4.79 Å². The SMILES string of the molecule is CC(C)n1nc(C2CC2)c(C(=O)O)c1Cl. The van der Waals surface area contributed by atoms with Gasteiger partial charge in [-0.1, -0.05) is 11.6 Å². The number of carboxylic acids is 1. The molecule has 1 saturated carbocycles. The Kier molecular flexibility index (Phi) is 2.46. The molecule has 5 heteroatoms. The first kappa shape index (κ1) is 10.5. The second-order valence-corrected chi connectivity index (χ2v) is 4.53. The number of carboxylic acid groups (broad SMARTS) is 1. The van der Waals surface area contributed by atoms with Crippen molar-refractivity contribution in [3.05, 3.63) is 16.4 Å². The number of halogens is 1. The van der Waals surface area contributed by atoms with Crippen molar-refractivity contribution >= 4 is 17.6 Å². The third kappa shape index (κ3) is 1.74. The fraction of sp³-hybridized carbons (Fsp3) is 0.600. The molecule has 1 heterocycles. The van der Waals surface area contributed by atoms with Crippen LogP contribution in [0, 0.1) is 0 Å². The molecule has 0 saturated heterocycles. The topological polar surface area (TPSA) is 55.1 Å². The summed E-state index contributed by atoms with van der Waals surface area (Å²) in [5.74, 6) is -0.678. The summed E-state index contributed by atoms with van der Waals surface area (Å²) in [5.41, 5.74) is 0.842. The smallest absolute Gasteiger partial charge is 0.340 e. The molecule has 1 aromatic rings. The lowest BCUT2D eigenvalue weighted by molar-refractivity contribution is 0.0695. The van der Waals surface area contributed by atoms with Crippen LogP contribution in [-0.2, 0) is 0 Å². The molecule has 0 amide bonds. The van der Waals surface area contributed by atoms with Crippen molar-refractivity contribution in [2.75, 3.05) is 0 Å². The van der Waals surface area contributed by atoms with Crippen LogP contribution in [0.15, 0.2) is 0 Å². The number of hydrogen-bond donors (Lipinski definition) is 1. The van der Waals surface area contributed by atoms with Crippen LogP contribution in [0.25, 0.3) is 0 Å². The van der Waals surface area contributed by atoms with Gasteiger partial charge in [-0.2, -0.15) is 5.10 Å². The lowest BCUT2D eigenvalue weighted by atomic mass is 10.2. The van der Waals surface area contributed by atoms with E-state index in [4.69, 9.17) is 16.7 Å². The van der Waals surface area contributed by atoms with Crippen molar-refractivity contribution in [2.45, 2.75) is 38.6 Å². The Bertz CT molecular complexity index is 408. The van der Waals surface area contributed by atoms with Gasteiger partial charge in [0, 0.05) is 12.0 Å². The Hall–Kier alpha value is -1.03. The fourth-order valence-corrected chi connectivity index (χ4v) is 2.02. The zero-order chi connectivity index (χ0) is 11.2. The lowest BCUT2D eigenvalue weighted by Crippen LogP contribution is -2.03. The highest BCUT2D eigenvalue weighted by Gasteiger charge is 2.34. The van der Waals surface area contributed by atoms with E-state index in [1.165, 1.54) is 0 Å². The number of carbonyl (C=O) groups is 1. The summed E-state index contributed by atoms with van der Waals surface area (Å²) in [7, 11) is 0. The number of aromatic nitrogens is 2. The monoisotopic (exact) mass is 228 g/mol. The third-order valence-corrected chi connectivity index (χ3v) is 2.91. The Morgan fingerprint density at radius 3 is 2.60 bits per heavy atom. The van der Waals surface area contributed by atoms with Gasteiger partial charge in [0.25, 0.3) is 0 Å². The summed E-state index contributed by atoms with van der Waals surface area (Å²) < 4.78 is 1.58. The van der Waals surface area contributed by atoms with E-state index in [9.17, 15) is 4.79 Å². The van der Waals surface area contributed by atoms with E-state index in [0.717, 1.165) is 12.8 Å². The molecule has 1 fully saturated rings. The molecule has 0 atom stereocenters. The van der Waals surface area contributed by atoms with Crippen LogP contribution in [0.4, 0.5) is 0 Å². The normalized spacial score (nSPS) is 16.0. The molecule has 1 aliphatic carbocycles. The van der Waals surface area contributed by atoms with Gasteiger partial charge in [0.1, 0.15) is 10.7 Å². The van der Waals surface area contributed by atoms with Crippen molar-refractivity contribution in [1.82, 2.24) is 9.78 Å². The van der Waals surface area contributed by atoms with Gasteiger partial charge in [-0.15, -0.1) is 0 Å². The summed E-state index contributed by atoms with van der Waals surface area (Å²) in [4.78, 5) is 11.1. The summed E-state index contributed by atoms with van der Waals surface area (Å²) in [6, 6.07) is 0.0862.